The topological polar surface area (TPSA) is 57.3 Å². The molecule has 5 nitrogen and oxygen atoms in total. The van der Waals surface area contributed by atoms with Crippen LogP contribution in [0, 0.1) is 11.8 Å². The summed E-state index contributed by atoms with van der Waals surface area (Å²) >= 11 is 0. The van der Waals surface area contributed by atoms with Gasteiger partial charge in [0.15, 0.2) is 0 Å². The van der Waals surface area contributed by atoms with Gasteiger partial charge in [-0.25, -0.2) is 4.98 Å². The molecule has 1 aromatic rings. The first-order valence-corrected chi connectivity index (χ1v) is 9.10. The molecule has 24 heavy (non-hydrogen) atoms. The molecule has 134 valence electrons. The van der Waals surface area contributed by atoms with Gasteiger partial charge in [-0.2, -0.15) is 0 Å². The van der Waals surface area contributed by atoms with E-state index in [1.165, 1.54) is 6.42 Å². The number of anilines is 1. The van der Waals surface area contributed by atoms with Crippen LogP contribution in [0.25, 0.3) is 0 Å². The number of pyridine rings is 1. The minimum Gasteiger partial charge on any atom is -0.367 e. The van der Waals surface area contributed by atoms with Gasteiger partial charge in [-0.15, -0.1) is 0 Å². The van der Waals surface area contributed by atoms with E-state index in [1.54, 1.807) is 12.3 Å². The molecule has 0 bridgehead atoms. The highest BCUT2D eigenvalue weighted by Gasteiger charge is 2.23. The highest BCUT2D eigenvalue weighted by Crippen LogP contribution is 2.21. The Morgan fingerprint density at radius 2 is 1.96 bits per heavy atom. The van der Waals surface area contributed by atoms with Crippen molar-refractivity contribution in [2.24, 2.45) is 11.8 Å². The molecule has 1 saturated heterocycles. The maximum atomic E-state index is 12.6. The fourth-order valence-corrected chi connectivity index (χ4v) is 3.65. The van der Waals surface area contributed by atoms with Crippen molar-refractivity contribution >= 4 is 11.7 Å². The average molecular weight is 332 g/mol. The van der Waals surface area contributed by atoms with Gasteiger partial charge in [0.05, 0.1) is 5.56 Å². The van der Waals surface area contributed by atoms with E-state index >= 15 is 0 Å². The lowest BCUT2D eigenvalue weighted by Crippen LogP contribution is -2.47. The van der Waals surface area contributed by atoms with Crippen molar-refractivity contribution in [1.29, 1.82) is 0 Å². The van der Waals surface area contributed by atoms with Crippen molar-refractivity contribution in [3.63, 3.8) is 0 Å². The van der Waals surface area contributed by atoms with Gasteiger partial charge in [-0.3, -0.25) is 4.79 Å². The summed E-state index contributed by atoms with van der Waals surface area (Å²) in [5.74, 6) is 2.06. The number of nitrogens with one attached hydrogen (secondary N) is 2. The molecular weight excluding hydrogens is 300 g/mol. The van der Waals surface area contributed by atoms with Crippen LogP contribution in [-0.2, 0) is 0 Å². The highest BCUT2D eigenvalue weighted by molar-refractivity contribution is 5.98. The summed E-state index contributed by atoms with van der Waals surface area (Å²) in [4.78, 5) is 19.4. The Kier molecular flexibility index (Phi) is 6.60. The van der Waals surface area contributed by atoms with Gasteiger partial charge in [0.2, 0.25) is 0 Å². The number of piperidine rings is 1. The van der Waals surface area contributed by atoms with Crippen molar-refractivity contribution in [1.82, 2.24) is 15.2 Å². The maximum Gasteiger partial charge on any atom is 0.255 e. The molecule has 1 aromatic heterocycles. The number of hydrogen-bond donors (Lipinski definition) is 2. The van der Waals surface area contributed by atoms with E-state index in [0.29, 0.717) is 11.4 Å². The number of carbonyl (C=O) groups excluding carboxylic acids is 1. The molecule has 0 unspecified atom stereocenters. The SMILES string of the molecule is CC(C)Nc1ncccc1C(=O)N[C@@H](C)CN1C[C@H](C)C[C@H](C)C1. The fraction of sp³-hybridized carbons (Fsp3) is 0.684. The third-order valence-electron chi connectivity index (χ3n) is 4.33. The number of hydrogen-bond acceptors (Lipinski definition) is 4. The molecule has 0 spiro atoms. The monoisotopic (exact) mass is 332 g/mol. The molecule has 5 heteroatoms. The Hall–Kier alpha value is -1.62. The Morgan fingerprint density at radius 1 is 1.29 bits per heavy atom. The molecule has 3 atom stereocenters. The number of nitrogens with zero attached hydrogens (tertiary/aromatic N) is 2. The average Bonchev–Trinajstić information content (AvgIpc) is 2.45. The molecule has 0 aliphatic carbocycles. The second kappa shape index (κ2) is 8.47. The molecule has 0 saturated carbocycles. The number of amides is 1. The van der Waals surface area contributed by atoms with Crippen molar-refractivity contribution in [2.45, 2.75) is 53.1 Å². The van der Waals surface area contributed by atoms with Crippen LogP contribution in [0.5, 0.6) is 0 Å². The maximum absolute atomic E-state index is 12.6. The summed E-state index contributed by atoms with van der Waals surface area (Å²) in [7, 11) is 0. The zero-order valence-corrected chi connectivity index (χ0v) is 15.7. The minimum atomic E-state index is -0.0585. The van der Waals surface area contributed by atoms with E-state index in [0.717, 1.165) is 31.5 Å². The van der Waals surface area contributed by atoms with Gasteiger partial charge in [-0.1, -0.05) is 13.8 Å². The lowest BCUT2D eigenvalue weighted by molar-refractivity contribution is 0.0905. The van der Waals surface area contributed by atoms with E-state index in [4.69, 9.17) is 0 Å². The summed E-state index contributed by atoms with van der Waals surface area (Å²) in [5.41, 5.74) is 0.610. The van der Waals surface area contributed by atoms with E-state index < -0.39 is 0 Å². The second-order valence-corrected chi connectivity index (χ2v) is 7.74. The van der Waals surface area contributed by atoms with Crippen LogP contribution in [0.15, 0.2) is 18.3 Å². The molecule has 2 heterocycles. The third kappa shape index (κ3) is 5.48. The lowest BCUT2D eigenvalue weighted by atomic mass is 9.92. The lowest BCUT2D eigenvalue weighted by Gasteiger charge is -2.36. The summed E-state index contributed by atoms with van der Waals surface area (Å²) < 4.78 is 0. The van der Waals surface area contributed by atoms with Gasteiger partial charge in [0.25, 0.3) is 5.91 Å². The quantitative estimate of drug-likeness (QED) is 0.841. The van der Waals surface area contributed by atoms with Gasteiger partial charge in [0, 0.05) is 37.9 Å². The first kappa shape index (κ1) is 18.7. The number of likely N-dealkylation sites (tertiary alicyclic amines) is 1. The molecule has 1 fully saturated rings. The third-order valence-corrected chi connectivity index (χ3v) is 4.33. The molecule has 1 amide bonds. The first-order chi connectivity index (χ1) is 11.3. The first-order valence-electron chi connectivity index (χ1n) is 9.10. The Bertz CT molecular complexity index is 536. The van der Waals surface area contributed by atoms with Gasteiger partial charge in [0.1, 0.15) is 5.82 Å². The molecule has 1 aliphatic rings. The number of aromatic nitrogens is 1. The van der Waals surface area contributed by atoms with E-state index in [-0.39, 0.29) is 18.0 Å². The highest BCUT2D eigenvalue weighted by atomic mass is 16.1. The van der Waals surface area contributed by atoms with Crippen molar-refractivity contribution in [3.05, 3.63) is 23.9 Å². The summed E-state index contributed by atoms with van der Waals surface area (Å²) in [6, 6.07) is 3.98. The molecule has 1 aliphatic heterocycles. The van der Waals surface area contributed by atoms with Crippen LogP contribution in [0.3, 0.4) is 0 Å². The molecule has 0 aromatic carbocycles. The fourth-order valence-electron chi connectivity index (χ4n) is 3.65. The Balaban J connectivity index is 1.94. The normalized spacial score (nSPS) is 23.1. The van der Waals surface area contributed by atoms with Crippen molar-refractivity contribution < 1.29 is 4.79 Å². The molecule has 2 rings (SSSR count). The van der Waals surface area contributed by atoms with Crippen LogP contribution in [-0.4, -0.2) is 47.5 Å². The van der Waals surface area contributed by atoms with Crippen LogP contribution in [0.1, 0.15) is 51.4 Å². The van der Waals surface area contributed by atoms with E-state index in [9.17, 15) is 4.79 Å². The van der Waals surface area contributed by atoms with Crippen molar-refractivity contribution in [2.75, 3.05) is 25.0 Å². The summed E-state index contributed by atoms with van der Waals surface area (Å²) in [5, 5.41) is 6.36. The van der Waals surface area contributed by atoms with Gasteiger partial charge < -0.3 is 15.5 Å². The second-order valence-electron chi connectivity index (χ2n) is 7.74. The zero-order chi connectivity index (χ0) is 17.7. The number of rotatable bonds is 6. The smallest absolute Gasteiger partial charge is 0.255 e. The van der Waals surface area contributed by atoms with Crippen LogP contribution in [0.2, 0.25) is 0 Å². The Morgan fingerprint density at radius 3 is 2.58 bits per heavy atom. The number of carbonyl (C=O) groups is 1. The largest absolute Gasteiger partial charge is 0.367 e. The Labute approximate surface area is 146 Å². The van der Waals surface area contributed by atoms with E-state index in [1.807, 2.05) is 19.9 Å². The zero-order valence-electron chi connectivity index (χ0n) is 15.7. The minimum absolute atomic E-state index is 0.0585. The van der Waals surface area contributed by atoms with Gasteiger partial charge >= 0.3 is 0 Å². The molecule has 2 N–H and O–H groups in total. The van der Waals surface area contributed by atoms with Gasteiger partial charge in [-0.05, 0) is 51.2 Å². The predicted molar refractivity (Wildman–Crippen MR) is 99.3 cm³/mol. The molecule has 0 radical (unpaired) electrons. The van der Waals surface area contributed by atoms with Crippen LogP contribution >= 0.6 is 0 Å². The standard InChI is InChI=1S/C19H32N4O/c1-13(2)21-18-17(7-6-8-20-18)19(24)22-16(5)12-23-10-14(3)9-15(4)11-23/h6-8,13-16H,9-12H2,1-5H3,(H,20,21)(H,22,24)/t14-,15+,16-/m0/s1. The van der Waals surface area contributed by atoms with E-state index in [2.05, 4.69) is 41.3 Å². The summed E-state index contributed by atoms with van der Waals surface area (Å²) in [6.07, 6.45) is 3.01. The predicted octanol–water partition coefficient (Wildman–Crippen LogP) is 3.00. The molecular formula is C19H32N4O. The van der Waals surface area contributed by atoms with Crippen LogP contribution < -0.4 is 10.6 Å². The summed E-state index contributed by atoms with van der Waals surface area (Å²) in [6.45, 7) is 13.9. The van der Waals surface area contributed by atoms with Crippen molar-refractivity contribution in [3.8, 4) is 0 Å². The van der Waals surface area contributed by atoms with Crippen LogP contribution in [0.4, 0.5) is 5.82 Å².